The third-order valence-corrected chi connectivity index (χ3v) is 9.41. The van der Waals surface area contributed by atoms with E-state index in [4.69, 9.17) is 9.47 Å². The number of alkyl halides is 6. The summed E-state index contributed by atoms with van der Waals surface area (Å²) in [5.41, 5.74) is -1.19. The van der Waals surface area contributed by atoms with Crippen LogP contribution >= 0.6 is 11.3 Å². The molecule has 0 spiro atoms. The molecule has 0 aliphatic heterocycles. The van der Waals surface area contributed by atoms with Crippen LogP contribution in [0.25, 0.3) is 44.3 Å². The molecule has 0 fully saturated rings. The summed E-state index contributed by atoms with van der Waals surface area (Å²) in [6, 6.07) is 16.8. The first-order valence-electron chi connectivity index (χ1n) is 13.6. The van der Waals surface area contributed by atoms with E-state index in [2.05, 4.69) is 0 Å². The Morgan fingerprint density at radius 2 is 1.25 bits per heavy atom. The van der Waals surface area contributed by atoms with Crippen LogP contribution in [-0.4, -0.2) is 36.6 Å². The maximum absolute atomic E-state index is 15.9. The Morgan fingerprint density at radius 1 is 0.682 bits per heavy atom. The van der Waals surface area contributed by atoms with Crippen molar-refractivity contribution in [2.24, 2.45) is 7.05 Å². The zero-order chi connectivity index (χ0) is 31.8. The zero-order valence-corrected chi connectivity index (χ0v) is 25.2. The molecule has 0 bridgehead atoms. The summed E-state index contributed by atoms with van der Waals surface area (Å²) in [7, 11) is 4.51. The number of halogens is 6. The monoisotopic (exact) mass is 627 g/mol. The molecule has 0 N–H and O–H groups in total. The molecule has 1 aliphatic carbocycles. The van der Waals surface area contributed by atoms with Gasteiger partial charge in [-0.25, -0.2) is 0 Å². The maximum atomic E-state index is 15.9. The molecule has 3 aromatic carbocycles. The predicted octanol–water partition coefficient (Wildman–Crippen LogP) is 10.0. The van der Waals surface area contributed by atoms with Crippen LogP contribution in [0.3, 0.4) is 0 Å². The molecular weight excluding hydrogens is 600 g/mol. The lowest BCUT2D eigenvalue weighted by Gasteiger charge is -2.26. The molecule has 44 heavy (non-hydrogen) atoms. The van der Waals surface area contributed by atoms with E-state index in [-0.39, 0.29) is 38.2 Å². The smallest absolute Gasteiger partial charge is 0.380 e. The molecule has 0 unspecified atom stereocenters. The molecular formula is C34H27F6NO2S. The fourth-order valence-electron chi connectivity index (χ4n) is 5.94. The van der Waals surface area contributed by atoms with Crippen LogP contribution in [0.4, 0.5) is 26.3 Å². The summed E-state index contributed by atoms with van der Waals surface area (Å²) in [6.07, 6.45) is 3.67. The van der Waals surface area contributed by atoms with Gasteiger partial charge in [0.1, 0.15) is 11.5 Å². The second-order valence-electron chi connectivity index (χ2n) is 10.8. The van der Waals surface area contributed by atoms with Gasteiger partial charge >= 0.3 is 17.8 Å². The molecule has 0 radical (unpaired) electrons. The first-order chi connectivity index (χ1) is 20.7. The summed E-state index contributed by atoms with van der Waals surface area (Å²) < 4.78 is 107. The summed E-state index contributed by atoms with van der Waals surface area (Å²) in [5.74, 6) is -15.0. The van der Waals surface area contributed by atoms with Crippen molar-refractivity contribution >= 4 is 55.6 Å². The van der Waals surface area contributed by atoms with E-state index in [0.717, 1.165) is 22.5 Å². The Morgan fingerprint density at radius 3 is 1.89 bits per heavy atom. The largest absolute Gasteiger partial charge is 0.497 e. The van der Waals surface area contributed by atoms with Gasteiger partial charge in [-0.15, -0.1) is 11.3 Å². The van der Waals surface area contributed by atoms with Crippen molar-refractivity contribution in [1.82, 2.24) is 4.57 Å². The number of hydrogen-bond donors (Lipinski definition) is 0. The summed E-state index contributed by atoms with van der Waals surface area (Å²) in [5, 5.41) is 0.318. The van der Waals surface area contributed by atoms with Crippen LogP contribution < -0.4 is 9.47 Å². The number of aromatic nitrogens is 1. The highest BCUT2D eigenvalue weighted by Gasteiger charge is 2.80. The highest BCUT2D eigenvalue weighted by Crippen LogP contribution is 2.66. The molecule has 3 nitrogen and oxygen atoms in total. The first-order valence-corrected chi connectivity index (χ1v) is 14.4. The fourth-order valence-corrected chi connectivity index (χ4v) is 7.06. The van der Waals surface area contributed by atoms with Gasteiger partial charge in [0.2, 0.25) is 0 Å². The number of nitrogens with zero attached hydrogens (tertiary/aromatic N) is 1. The quantitative estimate of drug-likeness (QED) is 0.138. The molecule has 0 amide bonds. The van der Waals surface area contributed by atoms with Gasteiger partial charge in [-0.2, -0.15) is 26.3 Å². The standard InChI is InChI=1S/C34H27F6NO2S/c1-18-28(25-17-23(43-5)13-15-26(25)41(18)3)30-31(33(37,38)34(39,40)32(30,35)36)29-19(2)44-27-16-21(10-14-24(27)29)7-6-20-8-11-22(42-4)12-9-20/h6-17H,1-5H3. The minimum atomic E-state index is -5.67. The van der Waals surface area contributed by atoms with Crippen LogP contribution in [0, 0.1) is 13.8 Å². The Kier molecular flexibility index (Phi) is 6.92. The van der Waals surface area contributed by atoms with Gasteiger partial charge < -0.3 is 14.0 Å². The number of thiophene rings is 1. The molecule has 0 saturated carbocycles. The average Bonchev–Trinajstić information content (AvgIpc) is 3.48. The molecule has 10 heteroatoms. The lowest BCUT2D eigenvalue weighted by Crippen LogP contribution is -2.49. The highest BCUT2D eigenvalue weighted by atomic mass is 32.1. The molecule has 0 atom stereocenters. The van der Waals surface area contributed by atoms with E-state index < -0.39 is 28.9 Å². The van der Waals surface area contributed by atoms with Gasteiger partial charge in [-0.3, -0.25) is 0 Å². The van der Waals surface area contributed by atoms with Crippen LogP contribution in [0.5, 0.6) is 11.5 Å². The van der Waals surface area contributed by atoms with Crippen molar-refractivity contribution in [2.45, 2.75) is 31.6 Å². The maximum Gasteiger partial charge on any atom is 0.380 e. The van der Waals surface area contributed by atoms with Gasteiger partial charge in [-0.1, -0.05) is 36.4 Å². The summed E-state index contributed by atoms with van der Waals surface area (Å²) >= 11 is 1.09. The van der Waals surface area contributed by atoms with Gasteiger partial charge in [0.05, 0.1) is 14.2 Å². The van der Waals surface area contributed by atoms with Crippen molar-refractivity contribution in [3.63, 3.8) is 0 Å². The number of benzene rings is 3. The topological polar surface area (TPSA) is 23.4 Å². The Balaban J connectivity index is 1.59. The lowest BCUT2D eigenvalue weighted by molar-refractivity contribution is -0.254. The molecule has 1 aliphatic rings. The molecule has 2 aromatic heterocycles. The number of fused-ring (bicyclic) bond motifs is 2. The van der Waals surface area contributed by atoms with E-state index >= 15 is 26.3 Å². The molecule has 0 saturated heterocycles. The van der Waals surface area contributed by atoms with Gasteiger partial charge in [0, 0.05) is 60.9 Å². The van der Waals surface area contributed by atoms with E-state index in [1.165, 1.54) is 37.7 Å². The summed E-state index contributed by atoms with van der Waals surface area (Å²) in [4.78, 5) is 0.229. The molecule has 5 aromatic rings. The number of rotatable bonds is 6. The normalized spacial score (nSPS) is 17.3. The van der Waals surface area contributed by atoms with E-state index in [0.29, 0.717) is 16.0 Å². The first kappa shape index (κ1) is 29.9. The van der Waals surface area contributed by atoms with Crippen molar-refractivity contribution in [2.75, 3.05) is 14.2 Å². The van der Waals surface area contributed by atoms with Gasteiger partial charge in [0.15, 0.2) is 0 Å². The molecule has 6 rings (SSSR count). The highest BCUT2D eigenvalue weighted by molar-refractivity contribution is 7.19. The Labute approximate surface area is 253 Å². The number of ether oxygens (including phenoxy) is 2. The second kappa shape index (κ2) is 10.2. The van der Waals surface area contributed by atoms with Gasteiger partial charge in [0.25, 0.3) is 0 Å². The van der Waals surface area contributed by atoms with Crippen LogP contribution in [-0.2, 0) is 7.05 Å². The van der Waals surface area contributed by atoms with Crippen LogP contribution in [0.15, 0.2) is 60.7 Å². The van der Waals surface area contributed by atoms with Crippen molar-refractivity contribution < 1.29 is 35.8 Å². The second-order valence-corrected chi connectivity index (χ2v) is 12.0. The van der Waals surface area contributed by atoms with Crippen molar-refractivity contribution in [1.29, 1.82) is 0 Å². The molecule has 228 valence electrons. The number of hydrogen-bond acceptors (Lipinski definition) is 3. The molecule has 2 heterocycles. The zero-order valence-electron chi connectivity index (χ0n) is 24.4. The third-order valence-electron chi connectivity index (χ3n) is 8.34. The van der Waals surface area contributed by atoms with Gasteiger partial charge in [-0.05, 0) is 61.4 Å². The third kappa shape index (κ3) is 4.17. The summed E-state index contributed by atoms with van der Waals surface area (Å²) in [6.45, 7) is 2.94. The van der Waals surface area contributed by atoms with E-state index in [1.54, 1.807) is 38.4 Å². The van der Waals surface area contributed by atoms with E-state index in [1.807, 2.05) is 36.4 Å². The minimum absolute atomic E-state index is 0.119. The van der Waals surface area contributed by atoms with Crippen LogP contribution in [0.2, 0.25) is 0 Å². The van der Waals surface area contributed by atoms with Crippen molar-refractivity contribution in [3.05, 3.63) is 93.5 Å². The van der Waals surface area contributed by atoms with Crippen molar-refractivity contribution in [3.8, 4) is 11.5 Å². The predicted molar refractivity (Wildman–Crippen MR) is 164 cm³/mol. The Bertz CT molecular complexity index is 2000. The minimum Gasteiger partial charge on any atom is -0.497 e. The number of methoxy groups -OCH3 is 2. The lowest BCUT2D eigenvalue weighted by atomic mass is 9.91. The van der Waals surface area contributed by atoms with Crippen LogP contribution in [0.1, 0.15) is 32.8 Å². The number of aryl methyl sites for hydroxylation is 2. The average molecular weight is 628 g/mol. The fraction of sp³-hybridized carbons (Fsp3) is 0.235. The van der Waals surface area contributed by atoms with E-state index in [9.17, 15) is 0 Å². The SMILES string of the molecule is COc1ccc(C=Cc2ccc3c(C4=C(c5c(C)n(C)c6ccc(OC)cc56)C(F)(F)C(F)(F)C4(F)F)c(C)sc3c2)cc1. The Hall–Kier alpha value is -4.18. The number of allylic oxidation sites excluding steroid dienone is 2.